The van der Waals surface area contributed by atoms with Gasteiger partial charge in [-0.2, -0.15) is 0 Å². The van der Waals surface area contributed by atoms with Crippen molar-refractivity contribution in [2.75, 3.05) is 5.32 Å². The average molecular weight is 249 g/mol. The third kappa shape index (κ3) is 2.53. The van der Waals surface area contributed by atoms with E-state index in [2.05, 4.69) is 5.32 Å². The fraction of sp³-hybridized carbons (Fsp3) is 0.500. The summed E-state index contributed by atoms with van der Waals surface area (Å²) in [5.41, 5.74) is -1.31. The summed E-state index contributed by atoms with van der Waals surface area (Å²) in [4.78, 5) is 0. The second-order valence-corrected chi connectivity index (χ2v) is 4.50. The van der Waals surface area contributed by atoms with E-state index >= 15 is 0 Å². The van der Waals surface area contributed by atoms with Gasteiger partial charge in [-0.1, -0.05) is 13.8 Å². The lowest BCUT2D eigenvalue weighted by Gasteiger charge is -2.16. The van der Waals surface area contributed by atoms with Crippen LogP contribution < -0.4 is 5.32 Å². The zero-order valence-electron chi connectivity index (χ0n) is 10.2. The summed E-state index contributed by atoms with van der Waals surface area (Å²) < 4.78 is 54.3. The summed E-state index contributed by atoms with van der Waals surface area (Å²) in [7, 11) is 0. The Morgan fingerprint density at radius 2 is 1.18 bits per heavy atom. The molecule has 1 aromatic rings. The molecule has 1 aromatic carbocycles. The highest BCUT2D eigenvalue weighted by Gasteiger charge is 2.26. The highest BCUT2D eigenvalue weighted by molar-refractivity contribution is 5.50. The fourth-order valence-corrected chi connectivity index (χ4v) is 1.57. The molecule has 0 amide bonds. The lowest BCUT2D eigenvalue weighted by molar-refractivity contribution is 0.436. The predicted molar refractivity (Wildman–Crippen MR) is 59.1 cm³/mol. The Balaban J connectivity index is 3.47. The third-order valence-electron chi connectivity index (χ3n) is 2.31. The second kappa shape index (κ2) is 4.94. The van der Waals surface area contributed by atoms with Crippen LogP contribution in [0, 0.1) is 23.3 Å². The number of benzene rings is 1. The molecule has 0 aromatic heterocycles. The van der Waals surface area contributed by atoms with Crippen LogP contribution in [0.25, 0.3) is 0 Å². The maximum atomic E-state index is 13.6. The van der Waals surface area contributed by atoms with E-state index in [1.54, 1.807) is 13.8 Å². The second-order valence-electron chi connectivity index (χ2n) is 4.50. The lowest BCUT2D eigenvalue weighted by atomic mass is 10.0. The first kappa shape index (κ1) is 13.8. The molecule has 0 heterocycles. The van der Waals surface area contributed by atoms with Crippen LogP contribution >= 0.6 is 0 Å². The smallest absolute Gasteiger partial charge is 0.185 e. The zero-order chi connectivity index (χ0) is 13.3. The van der Waals surface area contributed by atoms with Crippen LogP contribution in [0.5, 0.6) is 0 Å². The fourth-order valence-electron chi connectivity index (χ4n) is 1.57. The first-order valence-corrected chi connectivity index (χ1v) is 5.39. The zero-order valence-corrected chi connectivity index (χ0v) is 10.2. The van der Waals surface area contributed by atoms with Crippen molar-refractivity contribution in [3.05, 3.63) is 28.8 Å². The first-order chi connectivity index (χ1) is 7.77. The Bertz CT molecular complexity index is 398. The van der Waals surface area contributed by atoms with Crippen LogP contribution in [0.4, 0.5) is 23.2 Å². The molecule has 0 aliphatic heterocycles. The Labute approximate surface area is 97.8 Å². The number of hydrogen-bond donors (Lipinski definition) is 1. The molecule has 1 N–H and O–H groups in total. The highest BCUT2D eigenvalue weighted by atomic mass is 19.2. The van der Waals surface area contributed by atoms with E-state index in [0.29, 0.717) is 0 Å². The molecule has 0 fully saturated rings. The number of halogens is 4. The highest BCUT2D eigenvalue weighted by Crippen LogP contribution is 2.32. The number of hydrogen-bond acceptors (Lipinski definition) is 1. The Morgan fingerprint density at radius 1 is 0.765 bits per heavy atom. The van der Waals surface area contributed by atoms with E-state index < -0.39 is 40.4 Å². The molecular formula is C12H15F4N. The lowest BCUT2D eigenvalue weighted by Crippen LogP contribution is -2.16. The topological polar surface area (TPSA) is 12.0 Å². The summed E-state index contributed by atoms with van der Waals surface area (Å²) in [6, 6.07) is -0.331. The van der Waals surface area contributed by atoms with Gasteiger partial charge in [-0.3, -0.25) is 0 Å². The number of rotatable bonds is 3. The molecule has 0 radical (unpaired) electrons. The standard InChI is InChI=1S/C12H15F4N/c1-5(2)7-8(13)10(15)12(17-6(3)4)11(16)9(7)14/h5-6,17H,1-4H3. The van der Waals surface area contributed by atoms with Gasteiger partial charge < -0.3 is 5.32 Å². The summed E-state index contributed by atoms with van der Waals surface area (Å²) >= 11 is 0. The SMILES string of the molecule is CC(C)Nc1c(F)c(F)c(C(C)C)c(F)c1F. The molecule has 1 rings (SSSR count). The van der Waals surface area contributed by atoms with Crippen molar-refractivity contribution in [2.45, 2.75) is 39.7 Å². The van der Waals surface area contributed by atoms with Gasteiger partial charge in [0.1, 0.15) is 5.69 Å². The van der Waals surface area contributed by atoms with Crippen molar-refractivity contribution >= 4 is 5.69 Å². The molecule has 0 aliphatic rings. The summed E-state index contributed by atoms with van der Waals surface area (Å²) in [5.74, 6) is -6.04. The van der Waals surface area contributed by atoms with Crippen molar-refractivity contribution in [3.63, 3.8) is 0 Å². The van der Waals surface area contributed by atoms with Crippen LogP contribution in [0.2, 0.25) is 0 Å². The van der Waals surface area contributed by atoms with Gasteiger partial charge >= 0.3 is 0 Å². The molecule has 5 heteroatoms. The van der Waals surface area contributed by atoms with E-state index in [1.165, 1.54) is 13.8 Å². The van der Waals surface area contributed by atoms with Crippen molar-refractivity contribution < 1.29 is 17.6 Å². The van der Waals surface area contributed by atoms with E-state index in [9.17, 15) is 17.6 Å². The molecule has 0 bridgehead atoms. The third-order valence-corrected chi connectivity index (χ3v) is 2.31. The Hall–Kier alpha value is -1.26. The quantitative estimate of drug-likeness (QED) is 0.625. The molecule has 0 atom stereocenters. The van der Waals surface area contributed by atoms with Gasteiger partial charge in [0.05, 0.1) is 0 Å². The van der Waals surface area contributed by atoms with Crippen LogP contribution in [-0.4, -0.2) is 6.04 Å². The minimum atomic E-state index is -1.37. The first-order valence-electron chi connectivity index (χ1n) is 5.39. The van der Waals surface area contributed by atoms with Crippen LogP contribution in [0.3, 0.4) is 0 Å². The average Bonchev–Trinajstić information content (AvgIpc) is 2.21. The summed E-state index contributed by atoms with van der Waals surface area (Å²) in [5, 5.41) is 2.36. The summed E-state index contributed by atoms with van der Waals surface area (Å²) in [6.45, 7) is 6.17. The molecule has 0 unspecified atom stereocenters. The normalized spacial score (nSPS) is 11.4. The van der Waals surface area contributed by atoms with Gasteiger partial charge in [0.2, 0.25) is 0 Å². The van der Waals surface area contributed by atoms with E-state index in [-0.39, 0.29) is 6.04 Å². The Kier molecular flexibility index (Phi) is 4.01. The minimum Gasteiger partial charge on any atom is -0.378 e. The molecule has 0 saturated heterocycles. The van der Waals surface area contributed by atoms with E-state index in [0.717, 1.165) is 0 Å². The monoisotopic (exact) mass is 249 g/mol. The van der Waals surface area contributed by atoms with Gasteiger partial charge in [-0.25, -0.2) is 17.6 Å². The van der Waals surface area contributed by atoms with Gasteiger partial charge in [0, 0.05) is 11.6 Å². The summed E-state index contributed by atoms with van der Waals surface area (Å²) in [6.07, 6.45) is 0. The maximum Gasteiger partial charge on any atom is 0.185 e. The largest absolute Gasteiger partial charge is 0.378 e. The number of nitrogens with one attached hydrogen (secondary N) is 1. The molecule has 0 saturated carbocycles. The number of anilines is 1. The van der Waals surface area contributed by atoms with Crippen LogP contribution in [-0.2, 0) is 0 Å². The van der Waals surface area contributed by atoms with Crippen LogP contribution in [0.15, 0.2) is 0 Å². The van der Waals surface area contributed by atoms with Gasteiger partial charge in [-0.05, 0) is 19.8 Å². The molecular weight excluding hydrogens is 234 g/mol. The molecule has 0 aliphatic carbocycles. The van der Waals surface area contributed by atoms with E-state index in [1.807, 2.05) is 0 Å². The molecule has 17 heavy (non-hydrogen) atoms. The van der Waals surface area contributed by atoms with Crippen LogP contribution in [0.1, 0.15) is 39.2 Å². The maximum absolute atomic E-state index is 13.6. The van der Waals surface area contributed by atoms with Crippen molar-refractivity contribution in [1.29, 1.82) is 0 Å². The van der Waals surface area contributed by atoms with Gasteiger partial charge in [0.15, 0.2) is 23.3 Å². The molecule has 1 nitrogen and oxygen atoms in total. The Morgan fingerprint density at radius 3 is 1.47 bits per heavy atom. The van der Waals surface area contributed by atoms with Crippen molar-refractivity contribution in [2.24, 2.45) is 0 Å². The molecule has 96 valence electrons. The van der Waals surface area contributed by atoms with Crippen molar-refractivity contribution in [3.8, 4) is 0 Å². The van der Waals surface area contributed by atoms with E-state index in [4.69, 9.17) is 0 Å². The van der Waals surface area contributed by atoms with Gasteiger partial charge in [0.25, 0.3) is 0 Å². The molecule has 0 spiro atoms. The predicted octanol–water partition coefficient (Wildman–Crippen LogP) is 4.19. The minimum absolute atomic E-state index is 0.331. The van der Waals surface area contributed by atoms with Gasteiger partial charge in [-0.15, -0.1) is 0 Å². The van der Waals surface area contributed by atoms with Crippen molar-refractivity contribution in [1.82, 2.24) is 0 Å².